The molecule has 3 aromatic rings. The summed E-state index contributed by atoms with van der Waals surface area (Å²) in [7, 11) is 1.72. The number of carbonyl (C=O) groups is 1. The molecule has 2 atom stereocenters. The van der Waals surface area contributed by atoms with Crippen molar-refractivity contribution >= 4 is 23.2 Å². The van der Waals surface area contributed by atoms with E-state index in [4.69, 9.17) is 11.6 Å². The van der Waals surface area contributed by atoms with E-state index in [0.717, 1.165) is 6.20 Å². The standard InChI is InChI=1S/C23H23ClF3N5O2/c1-32-10-28-18(19(32)22(33)30-14-2-3-17(25)16(24)6-14)11-4-12-7-23(34,8-13(12)5-11)20-15(21(26)27)9-29-31-20/h2-3,6,9-13,21,34H,4-5,7-8H2,1H3,(H,29,31)(H,30,33). The van der Waals surface area contributed by atoms with Crippen LogP contribution in [-0.4, -0.2) is 30.8 Å². The van der Waals surface area contributed by atoms with E-state index in [9.17, 15) is 23.1 Å². The monoisotopic (exact) mass is 493 g/mol. The van der Waals surface area contributed by atoms with Gasteiger partial charge in [0, 0.05) is 24.8 Å². The lowest BCUT2D eigenvalue weighted by Gasteiger charge is -2.24. The Balaban J connectivity index is 1.32. The molecule has 0 saturated heterocycles. The Labute approximate surface area is 198 Å². The average molecular weight is 494 g/mol. The maximum atomic E-state index is 13.4. The van der Waals surface area contributed by atoms with Crippen molar-refractivity contribution in [3.05, 3.63) is 64.2 Å². The number of carbonyl (C=O) groups excluding carboxylic acids is 1. The van der Waals surface area contributed by atoms with Crippen molar-refractivity contribution in [3.8, 4) is 0 Å². The smallest absolute Gasteiger partial charge is 0.274 e. The van der Waals surface area contributed by atoms with E-state index in [1.165, 1.54) is 18.2 Å². The summed E-state index contributed by atoms with van der Waals surface area (Å²) in [5.74, 6) is -0.762. The van der Waals surface area contributed by atoms with Gasteiger partial charge >= 0.3 is 0 Å². The molecule has 7 nitrogen and oxygen atoms in total. The van der Waals surface area contributed by atoms with Crippen LogP contribution in [0.3, 0.4) is 0 Å². The molecule has 2 aliphatic rings. The van der Waals surface area contributed by atoms with E-state index in [1.54, 1.807) is 17.9 Å². The Bertz CT molecular complexity index is 1230. The van der Waals surface area contributed by atoms with Crippen LogP contribution in [0, 0.1) is 17.7 Å². The van der Waals surface area contributed by atoms with Gasteiger partial charge in [-0.3, -0.25) is 9.89 Å². The molecule has 2 fully saturated rings. The lowest BCUT2D eigenvalue weighted by molar-refractivity contribution is 0.0250. The number of alkyl halides is 2. The van der Waals surface area contributed by atoms with Gasteiger partial charge in [0.05, 0.1) is 22.6 Å². The van der Waals surface area contributed by atoms with E-state index in [1.807, 2.05) is 0 Å². The largest absolute Gasteiger partial charge is 0.383 e. The third-order valence-corrected chi connectivity index (χ3v) is 7.42. The molecule has 34 heavy (non-hydrogen) atoms. The number of halogens is 4. The number of anilines is 1. The average Bonchev–Trinajstić information content (AvgIpc) is 3.52. The first-order valence-electron chi connectivity index (χ1n) is 11.0. The van der Waals surface area contributed by atoms with Gasteiger partial charge in [0.15, 0.2) is 0 Å². The van der Waals surface area contributed by atoms with Gasteiger partial charge in [-0.15, -0.1) is 0 Å². The number of H-pyrrole nitrogens is 1. The predicted molar refractivity (Wildman–Crippen MR) is 118 cm³/mol. The van der Waals surface area contributed by atoms with Gasteiger partial charge in [-0.1, -0.05) is 11.6 Å². The van der Waals surface area contributed by atoms with Crippen LogP contribution in [-0.2, 0) is 12.6 Å². The highest BCUT2D eigenvalue weighted by atomic mass is 35.5. The van der Waals surface area contributed by atoms with E-state index in [2.05, 4.69) is 20.5 Å². The van der Waals surface area contributed by atoms with Crippen LogP contribution in [0.4, 0.5) is 18.9 Å². The highest BCUT2D eigenvalue weighted by molar-refractivity contribution is 6.31. The zero-order valence-corrected chi connectivity index (χ0v) is 19.0. The Kier molecular flexibility index (Phi) is 5.68. The van der Waals surface area contributed by atoms with E-state index in [-0.39, 0.29) is 39.9 Å². The Morgan fingerprint density at radius 2 is 2.03 bits per heavy atom. The molecule has 0 aliphatic heterocycles. The second-order valence-corrected chi connectivity index (χ2v) is 9.70. The lowest BCUT2D eigenvalue weighted by Crippen LogP contribution is -2.25. The molecule has 1 aromatic carbocycles. The number of nitrogens with one attached hydrogen (secondary N) is 2. The Hall–Kier alpha value is -2.85. The molecule has 2 heterocycles. The zero-order chi connectivity index (χ0) is 24.2. The van der Waals surface area contributed by atoms with Crippen molar-refractivity contribution in [1.29, 1.82) is 0 Å². The van der Waals surface area contributed by atoms with Gasteiger partial charge in [-0.05, 0) is 55.7 Å². The molecule has 3 N–H and O–H groups in total. The third-order valence-electron chi connectivity index (χ3n) is 7.13. The minimum Gasteiger partial charge on any atom is -0.383 e. The van der Waals surface area contributed by atoms with Gasteiger partial charge in [-0.2, -0.15) is 5.10 Å². The van der Waals surface area contributed by atoms with Crippen molar-refractivity contribution in [2.75, 3.05) is 5.32 Å². The molecule has 0 spiro atoms. The minimum atomic E-state index is -2.71. The number of aryl methyl sites for hydroxylation is 1. The van der Waals surface area contributed by atoms with E-state index in [0.29, 0.717) is 42.8 Å². The van der Waals surface area contributed by atoms with Crippen LogP contribution in [0.1, 0.15) is 65.5 Å². The molecule has 2 saturated carbocycles. The van der Waals surface area contributed by atoms with Gasteiger partial charge in [0.2, 0.25) is 0 Å². The lowest BCUT2D eigenvalue weighted by atomic mass is 9.88. The van der Waals surface area contributed by atoms with Crippen LogP contribution in [0.2, 0.25) is 5.02 Å². The minimum absolute atomic E-state index is 0.00735. The van der Waals surface area contributed by atoms with E-state index >= 15 is 0 Å². The molecule has 11 heteroatoms. The van der Waals surface area contributed by atoms with Gasteiger partial charge in [0.25, 0.3) is 12.3 Å². The van der Waals surface area contributed by atoms with Crippen LogP contribution in [0.5, 0.6) is 0 Å². The van der Waals surface area contributed by atoms with Crippen molar-refractivity contribution < 1.29 is 23.1 Å². The number of aromatic nitrogens is 4. The number of nitrogens with zero attached hydrogens (tertiary/aromatic N) is 3. The summed E-state index contributed by atoms with van der Waals surface area (Å²) in [5, 5.41) is 20.2. The zero-order valence-electron chi connectivity index (χ0n) is 18.2. The number of amides is 1. The summed E-state index contributed by atoms with van der Waals surface area (Å²) < 4.78 is 41.7. The van der Waals surface area contributed by atoms with Crippen molar-refractivity contribution in [3.63, 3.8) is 0 Å². The first-order chi connectivity index (χ1) is 16.2. The SMILES string of the molecule is Cn1cnc(C2CC3CC(O)(c4n[nH]cc4C(F)F)CC3C2)c1C(=O)Nc1ccc(F)c(Cl)c1. The van der Waals surface area contributed by atoms with Gasteiger partial charge in [0.1, 0.15) is 22.8 Å². The molecule has 180 valence electrons. The van der Waals surface area contributed by atoms with Gasteiger partial charge in [-0.25, -0.2) is 18.2 Å². The maximum absolute atomic E-state index is 13.4. The summed E-state index contributed by atoms with van der Waals surface area (Å²) in [5.41, 5.74) is -0.205. The second-order valence-electron chi connectivity index (χ2n) is 9.29. The van der Waals surface area contributed by atoms with Crippen LogP contribution >= 0.6 is 11.6 Å². The summed E-state index contributed by atoms with van der Waals surface area (Å²) in [6, 6.07) is 3.95. The number of imidazole rings is 1. The topological polar surface area (TPSA) is 95.8 Å². The number of hydrogen-bond acceptors (Lipinski definition) is 4. The summed E-state index contributed by atoms with van der Waals surface area (Å²) in [6.45, 7) is 0. The number of aliphatic hydroxyl groups is 1. The molecular formula is C23H23ClF3N5O2. The number of aromatic amines is 1. The van der Waals surface area contributed by atoms with Crippen LogP contribution in [0.25, 0.3) is 0 Å². The third kappa shape index (κ3) is 3.88. The fourth-order valence-electron chi connectivity index (χ4n) is 5.71. The first-order valence-corrected chi connectivity index (χ1v) is 11.4. The highest BCUT2D eigenvalue weighted by Gasteiger charge is 2.52. The summed E-state index contributed by atoms with van der Waals surface area (Å²) >= 11 is 5.82. The summed E-state index contributed by atoms with van der Waals surface area (Å²) in [6.07, 6.45) is 2.04. The Morgan fingerprint density at radius 1 is 1.32 bits per heavy atom. The fraction of sp³-hybridized carbons (Fsp3) is 0.435. The first kappa shape index (κ1) is 22.9. The number of hydrogen-bond donors (Lipinski definition) is 3. The van der Waals surface area contributed by atoms with Crippen molar-refractivity contribution in [2.45, 2.75) is 43.6 Å². The van der Waals surface area contributed by atoms with Crippen molar-refractivity contribution in [2.24, 2.45) is 18.9 Å². The molecule has 0 radical (unpaired) electrons. The second kappa shape index (κ2) is 8.42. The molecule has 5 rings (SSSR count). The maximum Gasteiger partial charge on any atom is 0.274 e. The molecule has 2 aromatic heterocycles. The highest BCUT2D eigenvalue weighted by Crippen LogP contribution is 2.57. The van der Waals surface area contributed by atoms with Crippen LogP contribution in [0.15, 0.2) is 30.7 Å². The predicted octanol–water partition coefficient (Wildman–Crippen LogP) is 4.92. The normalized spacial score (nSPS) is 26.3. The summed E-state index contributed by atoms with van der Waals surface area (Å²) in [4.78, 5) is 17.5. The number of rotatable bonds is 5. The molecule has 0 bridgehead atoms. The Morgan fingerprint density at radius 3 is 2.68 bits per heavy atom. The van der Waals surface area contributed by atoms with Gasteiger partial charge < -0.3 is 15.0 Å². The molecule has 2 unspecified atom stereocenters. The van der Waals surface area contributed by atoms with E-state index < -0.39 is 17.8 Å². The quantitative estimate of drug-likeness (QED) is 0.470. The molecule has 2 aliphatic carbocycles. The van der Waals surface area contributed by atoms with Crippen LogP contribution < -0.4 is 5.32 Å². The molecule has 1 amide bonds. The van der Waals surface area contributed by atoms with Crippen molar-refractivity contribution in [1.82, 2.24) is 19.7 Å². The number of fused-ring (bicyclic) bond motifs is 1. The molecular weight excluding hydrogens is 471 g/mol. The fourth-order valence-corrected chi connectivity index (χ4v) is 5.89. The number of benzene rings is 1.